The second kappa shape index (κ2) is 10.6. The van der Waals surface area contributed by atoms with Crippen LogP contribution in [0.25, 0.3) is 0 Å². The number of pyridine rings is 1. The van der Waals surface area contributed by atoms with E-state index in [0.717, 1.165) is 83.5 Å². The summed E-state index contributed by atoms with van der Waals surface area (Å²) in [4.78, 5) is 37.6. The van der Waals surface area contributed by atoms with Crippen LogP contribution in [-0.4, -0.2) is 90.5 Å². The Morgan fingerprint density at radius 3 is 2.40 bits per heavy atom. The minimum Gasteiger partial charge on any atom is -0.368 e. The molecule has 4 aliphatic heterocycles. The van der Waals surface area contributed by atoms with Crippen LogP contribution in [0.2, 0.25) is 0 Å². The molecule has 2 amide bonds. The maximum absolute atomic E-state index is 14.4. The number of nitrogens with zero attached hydrogens (tertiary/aromatic N) is 5. The first-order chi connectivity index (χ1) is 19.3. The van der Waals surface area contributed by atoms with Crippen molar-refractivity contribution in [1.82, 2.24) is 20.1 Å². The van der Waals surface area contributed by atoms with Gasteiger partial charge in [0.2, 0.25) is 11.8 Å². The first-order valence-electron chi connectivity index (χ1n) is 15.1. The van der Waals surface area contributed by atoms with Crippen LogP contribution >= 0.6 is 0 Å². The molecule has 8 nitrogen and oxygen atoms in total. The van der Waals surface area contributed by atoms with E-state index in [0.29, 0.717) is 43.4 Å². The summed E-state index contributed by atoms with van der Waals surface area (Å²) in [5.41, 5.74) is 1.43. The minimum absolute atomic E-state index is 0.0135. The number of fused-ring (bicyclic) bond motifs is 1. The third-order valence-electron chi connectivity index (χ3n) is 10.5. The van der Waals surface area contributed by atoms with Crippen LogP contribution in [-0.2, 0) is 16.0 Å². The number of hydrogen-bond donors (Lipinski definition) is 1. The third-order valence-corrected chi connectivity index (χ3v) is 10.5. The number of halogens is 2. The van der Waals surface area contributed by atoms with Crippen molar-refractivity contribution in [2.45, 2.75) is 76.3 Å². The standard InChI is InChI=1S/C30H42F2N6O2/c1-3-6-22-23(38-19-21(20-38)35-13-15-37(16-14-35)26(40)4-2)17-24(33-27(22)28(31)32)36-11-9-29(10-12-36)18-25(39)34-30(29)7-5-8-30/h4,17,21,28H,2-3,5-16,18-20H2,1H3,(H,34,39). The number of amides is 2. The van der Waals surface area contributed by atoms with Crippen molar-refractivity contribution in [2.24, 2.45) is 5.41 Å². The number of carbonyl (C=O) groups excluding carboxylic acids is 2. The summed E-state index contributed by atoms with van der Waals surface area (Å²) >= 11 is 0. The van der Waals surface area contributed by atoms with E-state index >= 15 is 0 Å². The zero-order chi connectivity index (χ0) is 28.1. The molecule has 0 bridgehead atoms. The Hall–Kier alpha value is -2.75. The van der Waals surface area contributed by atoms with Gasteiger partial charge in [-0.25, -0.2) is 13.8 Å². The largest absolute Gasteiger partial charge is 0.368 e. The summed E-state index contributed by atoms with van der Waals surface area (Å²) in [7, 11) is 0. The van der Waals surface area contributed by atoms with Gasteiger partial charge < -0.3 is 20.0 Å². The Balaban J connectivity index is 1.18. The van der Waals surface area contributed by atoms with Gasteiger partial charge in [-0.15, -0.1) is 0 Å². The quantitative estimate of drug-likeness (QED) is 0.519. The van der Waals surface area contributed by atoms with Crippen molar-refractivity contribution < 1.29 is 18.4 Å². The van der Waals surface area contributed by atoms with Gasteiger partial charge >= 0.3 is 0 Å². The fraction of sp³-hybridized carbons (Fsp3) is 0.700. The number of alkyl halides is 2. The number of anilines is 2. The highest BCUT2D eigenvalue weighted by molar-refractivity contribution is 5.87. The lowest BCUT2D eigenvalue weighted by molar-refractivity contribution is -0.128. The summed E-state index contributed by atoms with van der Waals surface area (Å²) in [6, 6.07) is 2.39. The van der Waals surface area contributed by atoms with Crippen molar-refractivity contribution in [3.8, 4) is 0 Å². The van der Waals surface area contributed by atoms with Gasteiger partial charge in [-0.05, 0) is 44.6 Å². The van der Waals surface area contributed by atoms with Crippen LogP contribution < -0.4 is 15.1 Å². The number of piperidine rings is 1. The predicted molar refractivity (Wildman–Crippen MR) is 151 cm³/mol. The van der Waals surface area contributed by atoms with Gasteiger partial charge in [-0.1, -0.05) is 19.9 Å². The minimum atomic E-state index is -2.63. The van der Waals surface area contributed by atoms with Crippen LogP contribution in [0.15, 0.2) is 18.7 Å². The van der Waals surface area contributed by atoms with E-state index in [4.69, 9.17) is 0 Å². The molecule has 0 unspecified atom stereocenters. The number of nitrogens with one attached hydrogen (secondary N) is 1. The normalized spacial score (nSPS) is 24.4. The van der Waals surface area contributed by atoms with Crippen LogP contribution in [0.3, 0.4) is 0 Å². The molecule has 5 aliphatic rings. The monoisotopic (exact) mass is 556 g/mol. The summed E-state index contributed by atoms with van der Waals surface area (Å²) in [6.45, 7) is 11.7. The summed E-state index contributed by atoms with van der Waals surface area (Å²) in [5, 5.41) is 3.30. The van der Waals surface area contributed by atoms with E-state index < -0.39 is 6.43 Å². The SMILES string of the molecule is C=CC(=O)N1CCN(C2CN(c3cc(N4CCC5(CC4)CC(=O)NC54CCC4)nc(C(F)F)c3CCC)C2)CC1. The first kappa shape index (κ1) is 27.4. The van der Waals surface area contributed by atoms with Gasteiger partial charge in [-0.2, -0.15) is 0 Å². The van der Waals surface area contributed by atoms with Crippen LogP contribution in [0.4, 0.5) is 20.3 Å². The molecule has 5 heterocycles. The van der Waals surface area contributed by atoms with Crippen LogP contribution in [0, 0.1) is 5.41 Å². The maximum Gasteiger partial charge on any atom is 0.280 e. The molecule has 1 aromatic heterocycles. The molecule has 1 aliphatic carbocycles. The van der Waals surface area contributed by atoms with E-state index in [-0.39, 0.29) is 28.5 Å². The molecule has 1 N–H and O–H groups in total. The Bertz CT molecular complexity index is 1150. The lowest BCUT2D eigenvalue weighted by Gasteiger charge is -2.54. The van der Waals surface area contributed by atoms with Gasteiger partial charge in [0.1, 0.15) is 11.5 Å². The molecule has 5 fully saturated rings. The number of hydrogen-bond acceptors (Lipinski definition) is 6. The lowest BCUT2D eigenvalue weighted by atomic mass is 9.56. The van der Waals surface area contributed by atoms with Crippen LogP contribution in [0.1, 0.15) is 69.6 Å². The fourth-order valence-corrected chi connectivity index (χ4v) is 7.94. The Morgan fingerprint density at radius 1 is 1.12 bits per heavy atom. The zero-order valence-corrected chi connectivity index (χ0v) is 23.6. The van der Waals surface area contributed by atoms with Crippen LogP contribution in [0.5, 0.6) is 0 Å². The summed E-state index contributed by atoms with van der Waals surface area (Å²) in [5.74, 6) is 0.781. The van der Waals surface area contributed by atoms with Gasteiger partial charge in [0.05, 0.1) is 0 Å². The average molecular weight is 557 g/mol. The molecule has 40 heavy (non-hydrogen) atoms. The number of aromatic nitrogens is 1. The Kier molecular flexibility index (Phi) is 7.25. The zero-order valence-electron chi connectivity index (χ0n) is 23.6. The van der Waals surface area contributed by atoms with Crippen molar-refractivity contribution in [1.29, 1.82) is 0 Å². The second-order valence-electron chi connectivity index (χ2n) is 12.5. The van der Waals surface area contributed by atoms with Gasteiger partial charge in [0.15, 0.2) is 0 Å². The van der Waals surface area contributed by atoms with Gasteiger partial charge in [0, 0.05) is 93.1 Å². The molecule has 0 atom stereocenters. The summed E-state index contributed by atoms with van der Waals surface area (Å²) < 4.78 is 28.8. The predicted octanol–water partition coefficient (Wildman–Crippen LogP) is 3.52. The van der Waals surface area contributed by atoms with Crippen molar-refractivity contribution in [3.05, 3.63) is 30.0 Å². The fourth-order valence-electron chi connectivity index (χ4n) is 7.94. The molecule has 0 radical (unpaired) electrons. The third kappa shape index (κ3) is 4.56. The van der Waals surface area contributed by atoms with E-state index in [2.05, 4.69) is 31.6 Å². The Morgan fingerprint density at radius 2 is 1.82 bits per heavy atom. The molecule has 1 aromatic rings. The molecule has 1 saturated carbocycles. The number of rotatable bonds is 7. The van der Waals surface area contributed by atoms with E-state index in [9.17, 15) is 18.4 Å². The van der Waals surface area contributed by atoms with Crippen molar-refractivity contribution in [2.75, 3.05) is 62.2 Å². The molecule has 10 heteroatoms. The highest BCUT2D eigenvalue weighted by Crippen LogP contribution is 2.57. The topological polar surface area (TPSA) is 72.0 Å². The highest BCUT2D eigenvalue weighted by atomic mass is 19.3. The molecular formula is C30H42F2N6O2. The second-order valence-corrected chi connectivity index (χ2v) is 12.5. The van der Waals surface area contributed by atoms with E-state index in [1.54, 1.807) is 0 Å². The van der Waals surface area contributed by atoms with Crippen molar-refractivity contribution in [3.63, 3.8) is 0 Å². The molecule has 6 rings (SSSR count). The Labute approximate surface area is 235 Å². The first-order valence-corrected chi connectivity index (χ1v) is 15.1. The lowest BCUT2D eigenvalue weighted by Crippen LogP contribution is -2.63. The highest BCUT2D eigenvalue weighted by Gasteiger charge is 2.61. The van der Waals surface area contributed by atoms with E-state index in [1.807, 2.05) is 17.9 Å². The number of carbonyl (C=O) groups is 2. The molecule has 0 aromatic carbocycles. The average Bonchev–Trinajstić information content (AvgIpc) is 3.20. The molecule has 4 saturated heterocycles. The van der Waals surface area contributed by atoms with E-state index in [1.165, 1.54) is 6.08 Å². The van der Waals surface area contributed by atoms with Gasteiger partial charge in [-0.3, -0.25) is 14.5 Å². The molecule has 218 valence electrons. The molecular weight excluding hydrogens is 514 g/mol. The molecule has 2 spiro atoms. The van der Waals surface area contributed by atoms with Gasteiger partial charge in [0.25, 0.3) is 6.43 Å². The number of piperazine rings is 1. The summed E-state index contributed by atoms with van der Waals surface area (Å²) in [6.07, 6.45) is 5.72. The smallest absolute Gasteiger partial charge is 0.280 e. The maximum atomic E-state index is 14.4. The van der Waals surface area contributed by atoms with Crippen molar-refractivity contribution >= 4 is 23.3 Å².